The van der Waals surface area contributed by atoms with Gasteiger partial charge in [0.25, 0.3) is 0 Å². The van der Waals surface area contributed by atoms with Gasteiger partial charge in [0.05, 0.1) is 0 Å². The van der Waals surface area contributed by atoms with Crippen molar-refractivity contribution in [2.45, 2.75) is 46.6 Å². The van der Waals surface area contributed by atoms with Gasteiger partial charge >= 0.3 is 6.09 Å². The SMILES string of the molecule is CC(C)(C)OC(=O)N1CC2(C)CN(C(=O)CCCl)CC2(C)C1. The molecule has 2 saturated heterocycles. The Morgan fingerprint density at radius 3 is 1.91 bits per heavy atom. The first kappa shape index (κ1) is 17.4. The molecule has 2 heterocycles. The number of hydrogen-bond donors (Lipinski definition) is 0. The lowest BCUT2D eigenvalue weighted by Gasteiger charge is -2.29. The average molecular weight is 331 g/mol. The van der Waals surface area contributed by atoms with Gasteiger partial charge in [0, 0.05) is 49.3 Å². The van der Waals surface area contributed by atoms with Crippen LogP contribution in [-0.2, 0) is 9.53 Å². The zero-order chi connectivity index (χ0) is 16.8. The number of amides is 2. The van der Waals surface area contributed by atoms with Crippen LogP contribution in [0.2, 0.25) is 0 Å². The molecule has 0 saturated carbocycles. The van der Waals surface area contributed by atoms with E-state index in [2.05, 4.69) is 13.8 Å². The van der Waals surface area contributed by atoms with Crippen LogP contribution in [0.1, 0.15) is 41.0 Å². The van der Waals surface area contributed by atoms with Crippen molar-refractivity contribution in [3.05, 3.63) is 0 Å². The lowest BCUT2D eigenvalue weighted by molar-refractivity contribution is -0.130. The molecule has 0 aromatic rings. The molecule has 0 aromatic carbocycles. The van der Waals surface area contributed by atoms with Crippen molar-refractivity contribution in [3.63, 3.8) is 0 Å². The smallest absolute Gasteiger partial charge is 0.410 e. The summed E-state index contributed by atoms with van der Waals surface area (Å²) in [6.45, 7) is 12.5. The average Bonchev–Trinajstić information content (AvgIpc) is 2.72. The molecule has 2 rings (SSSR count). The second-order valence-electron chi connectivity index (χ2n) is 8.15. The van der Waals surface area contributed by atoms with Crippen molar-refractivity contribution in [2.75, 3.05) is 32.1 Å². The highest BCUT2D eigenvalue weighted by atomic mass is 35.5. The van der Waals surface area contributed by atoms with E-state index in [1.165, 1.54) is 0 Å². The van der Waals surface area contributed by atoms with Gasteiger partial charge in [0.2, 0.25) is 5.91 Å². The van der Waals surface area contributed by atoms with Crippen LogP contribution >= 0.6 is 11.6 Å². The number of alkyl halides is 1. The van der Waals surface area contributed by atoms with Crippen LogP contribution < -0.4 is 0 Å². The molecule has 22 heavy (non-hydrogen) atoms. The Morgan fingerprint density at radius 2 is 1.50 bits per heavy atom. The summed E-state index contributed by atoms with van der Waals surface area (Å²) in [5, 5.41) is 0. The molecule has 0 spiro atoms. The minimum atomic E-state index is -0.487. The van der Waals surface area contributed by atoms with Crippen LogP contribution in [0.3, 0.4) is 0 Å². The molecule has 0 bridgehead atoms. The zero-order valence-corrected chi connectivity index (χ0v) is 15.0. The molecule has 2 unspecified atom stereocenters. The summed E-state index contributed by atoms with van der Waals surface area (Å²) in [6.07, 6.45) is 0.117. The predicted octanol–water partition coefficient (Wildman–Crippen LogP) is 2.72. The third-order valence-electron chi connectivity index (χ3n) is 4.93. The molecule has 0 aromatic heterocycles. The monoisotopic (exact) mass is 330 g/mol. The molecule has 2 fully saturated rings. The summed E-state index contributed by atoms with van der Waals surface area (Å²) in [7, 11) is 0. The van der Waals surface area contributed by atoms with Crippen LogP contribution in [-0.4, -0.2) is 59.5 Å². The maximum absolute atomic E-state index is 12.3. The molecule has 2 aliphatic heterocycles. The van der Waals surface area contributed by atoms with Gasteiger partial charge in [-0.25, -0.2) is 4.79 Å². The van der Waals surface area contributed by atoms with Crippen molar-refractivity contribution in [2.24, 2.45) is 10.8 Å². The number of rotatable bonds is 2. The number of likely N-dealkylation sites (tertiary alicyclic amines) is 2. The molecular weight excluding hydrogens is 304 g/mol. The van der Waals surface area contributed by atoms with Crippen LogP contribution in [0.4, 0.5) is 4.79 Å². The van der Waals surface area contributed by atoms with E-state index in [1.54, 1.807) is 4.90 Å². The normalized spacial score (nSPS) is 31.4. The Balaban J connectivity index is 2.06. The van der Waals surface area contributed by atoms with Gasteiger partial charge < -0.3 is 14.5 Å². The summed E-state index contributed by atoms with van der Waals surface area (Å²) in [6, 6.07) is 0. The van der Waals surface area contributed by atoms with Gasteiger partial charge in [-0.2, -0.15) is 0 Å². The van der Waals surface area contributed by atoms with Crippen LogP contribution in [0.25, 0.3) is 0 Å². The van der Waals surface area contributed by atoms with E-state index < -0.39 is 5.60 Å². The molecule has 126 valence electrons. The van der Waals surface area contributed by atoms with E-state index in [9.17, 15) is 9.59 Å². The van der Waals surface area contributed by atoms with E-state index in [1.807, 2.05) is 25.7 Å². The summed E-state index contributed by atoms with van der Waals surface area (Å²) in [5.74, 6) is 0.461. The standard InChI is InChI=1S/C16H27ClN2O3/c1-14(2,3)22-13(21)19-10-15(4)8-18(12(20)6-7-17)9-16(15,5)11-19/h6-11H2,1-5H3. The maximum Gasteiger partial charge on any atom is 0.410 e. The van der Waals surface area contributed by atoms with E-state index in [-0.39, 0.29) is 22.8 Å². The minimum absolute atomic E-state index is 0.0914. The number of hydrogen-bond acceptors (Lipinski definition) is 3. The number of halogens is 1. The van der Waals surface area contributed by atoms with Gasteiger partial charge in [0.1, 0.15) is 5.60 Å². The number of carbonyl (C=O) groups excluding carboxylic acids is 2. The Hall–Kier alpha value is -0.970. The Labute approximate surface area is 137 Å². The van der Waals surface area contributed by atoms with Gasteiger partial charge in [-0.15, -0.1) is 11.6 Å². The van der Waals surface area contributed by atoms with E-state index >= 15 is 0 Å². The molecule has 5 nitrogen and oxygen atoms in total. The molecule has 0 aliphatic carbocycles. The van der Waals surface area contributed by atoms with Crippen molar-refractivity contribution < 1.29 is 14.3 Å². The summed E-state index contributed by atoms with van der Waals surface area (Å²) in [4.78, 5) is 28.1. The van der Waals surface area contributed by atoms with Crippen molar-refractivity contribution in [1.82, 2.24) is 9.80 Å². The van der Waals surface area contributed by atoms with Gasteiger partial charge in [-0.3, -0.25) is 4.79 Å². The highest BCUT2D eigenvalue weighted by Gasteiger charge is 2.59. The number of ether oxygens (including phenoxy) is 1. The Kier molecular flexibility index (Phi) is 4.42. The quantitative estimate of drug-likeness (QED) is 0.731. The lowest BCUT2D eigenvalue weighted by atomic mass is 9.71. The summed E-state index contributed by atoms with van der Waals surface area (Å²) < 4.78 is 5.48. The second-order valence-corrected chi connectivity index (χ2v) is 8.52. The zero-order valence-electron chi connectivity index (χ0n) is 14.2. The third-order valence-corrected chi connectivity index (χ3v) is 5.12. The molecule has 6 heteroatoms. The molecular formula is C16H27ClN2O3. The lowest BCUT2D eigenvalue weighted by Crippen LogP contribution is -2.40. The fraction of sp³-hybridized carbons (Fsp3) is 0.875. The molecule has 0 N–H and O–H groups in total. The summed E-state index contributed by atoms with van der Waals surface area (Å²) >= 11 is 5.67. The highest BCUT2D eigenvalue weighted by molar-refractivity contribution is 6.18. The molecule has 2 atom stereocenters. The summed E-state index contributed by atoms with van der Waals surface area (Å²) in [5.41, 5.74) is -0.670. The van der Waals surface area contributed by atoms with E-state index in [4.69, 9.17) is 16.3 Å². The number of nitrogens with zero attached hydrogens (tertiary/aromatic N) is 2. The molecule has 2 amide bonds. The van der Waals surface area contributed by atoms with Crippen LogP contribution in [0.15, 0.2) is 0 Å². The second kappa shape index (κ2) is 5.59. The van der Waals surface area contributed by atoms with Crippen molar-refractivity contribution in [3.8, 4) is 0 Å². The topological polar surface area (TPSA) is 49.9 Å². The predicted molar refractivity (Wildman–Crippen MR) is 85.9 cm³/mol. The van der Waals surface area contributed by atoms with Crippen LogP contribution in [0, 0.1) is 10.8 Å². The van der Waals surface area contributed by atoms with E-state index in [0.29, 0.717) is 38.5 Å². The van der Waals surface area contributed by atoms with Crippen molar-refractivity contribution >= 4 is 23.6 Å². The van der Waals surface area contributed by atoms with Gasteiger partial charge in [-0.1, -0.05) is 13.8 Å². The van der Waals surface area contributed by atoms with Gasteiger partial charge in [0.15, 0.2) is 0 Å². The third kappa shape index (κ3) is 3.19. The first-order valence-electron chi connectivity index (χ1n) is 7.81. The first-order valence-corrected chi connectivity index (χ1v) is 8.35. The van der Waals surface area contributed by atoms with Gasteiger partial charge in [-0.05, 0) is 20.8 Å². The number of carbonyl (C=O) groups is 2. The fourth-order valence-electron chi connectivity index (χ4n) is 3.53. The molecule has 2 aliphatic rings. The Morgan fingerprint density at radius 1 is 1.05 bits per heavy atom. The number of fused-ring (bicyclic) bond motifs is 1. The van der Waals surface area contributed by atoms with Crippen molar-refractivity contribution in [1.29, 1.82) is 0 Å². The Bertz CT molecular complexity index is 457. The maximum atomic E-state index is 12.3. The largest absolute Gasteiger partial charge is 0.444 e. The fourth-order valence-corrected chi connectivity index (χ4v) is 3.69. The van der Waals surface area contributed by atoms with E-state index in [0.717, 1.165) is 0 Å². The minimum Gasteiger partial charge on any atom is -0.444 e. The van der Waals surface area contributed by atoms with Crippen LogP contribution in [0.5, 0.6) is 0 Å². The first-order chi connectivity index (χ1) is 10.00. The molecule has 0 radical (unpaired) electrons. The highest BCUT2D eigenvalue weighted by Crippen LogP contribution is 2.51.